The maximum atomic E-state index is 12.1. The summed E-state index contributed by atoms with van der Waals surface area (Å²) in [6.07, 6.45) is 4.75. The Morgan fingerprint density at radius 1 is 1.32 bits per heavy atom. The molecule has 2 rings (SSSR count). The Morgan fingerprint density at radius 3 is 2.74 bits per heavy atom. The Labute approximate surface area is 119 Å². The van der Waals surface area contributed by atoms with E-state index < -0.39 is 5.97 Å². The Bertz CT molecular complexity index is 543. The highest BCUT2D eigenvalue weighted by atomic mass is 79.9. The van der Waals surface area contributed by atoms with Crippen molar-refractivity contribution in [2.75, 3.05) is 18.4 Å². The van der Waals surface area contributed by atoms with Gasteiger partial charge in [-0.05, 0) is 34.5 Å². The lowest BCUT2D eigenvalue weighted by Crippen LogP contribution is -2.37. The van der Waals surface area contributed by atoms with Gasteiger partial charge in [-0.3, -0.25) is 0 Å². The third kappa shape index (κ3) is 3.14. The van der Waals surface area contributed by atoms with Gasteiger partial charge < -0.3 is 15.3 Å². The molecular formula is C13H13BrN2O3. The van der Waals surface area contributed by atoms with Crippen molar-refractivity contribution in [2.24, 2.45) is 0 Å². The Kier molecular flexibility index (Phi) is 4.21. The summed E-state index contributed by atoms with van der Waals surface area (Å²) >= 11 is 3.26. The number of nitrogens with zero attached hydrogens (tertiary/aromatic N) is 1. The van der Waals surface area contributed by atoms with E-state index in [-0.39, 0.29) is 17.3 Å². The SMILES string of the molecule is O=C(O)c1cccc(Br)c1NC(=O)N1CC=CCC1. The second-order valence-electron chi connectivity index (χ2n) is 4.10. The molecule has 0 aromatic heterocycles. The quantitative estimate of drug-likeness (QED) is 0.822. The number of carboxylic acids is 1. The van der Waals surface area contributed by atoms with Gasteiger partial charge in [0.15, 0.2) is 0 Å². The first kappa shape index (κ1) is 13.6. The molecule has 0 atom stereocenters. The number of nitrogens with one attached hydrogen (secondary N) is 1. The van der Waals surface area contributed by atoms with Crippen molar-refractivity contribution in [2.45, 2.75) is 6.42 Å². The summed E-state index contributed by atoms with van der Waals surface area (Å²) in [5.41, 5.74) is 0.352. The number of halogens is 1. The van der Waals surface area contributed by atoms with Crippen LogP contribution in [0.3, 0.4) is 0 Å². The zero-order valence-corrected chi connectivity index (χ0v) is 11.7. The molecule has 0 bridgehead atoms. The fourth-order valence-electron chi connectivity index (χ4n) is 1.84. The third-order valence-corrected chi connectivity index (χ3v) is 3.48. The van der Waals surface area contributed by atoms with E-state index in [1.165, 1.54) is 6.07 Å². The summed E-state index contributed by atoms with van der Waals surface area (Å²) in [5, 5.41) is 11.8. The van der Waals surface area contributed by atoms with Gasteiger partial charge in [0.2, 0.25) is 0 Å². The van der Waals surface area contributed by atoms with Crippen LogP contribution in [0.2, 0.25) is 0 Å². The van der Waals surface area contributed by atoms with Gasteiger partial charge in [-0.25, -0.2) is 9.59 Å². The average Bonchev–Trinajstić information content (AvgIpc) is 2.41. The summed E-state index contributed by atoms with van der Waals surface area (Å²) in [4.78, 5) is 24.8. The number of para-hydroxylation sites is 1. The lowest BCUT2D eigenvalue weighted by atomic mass is 10.2. The number of carboxylic acid groups (broad SMARTS) is 1. The van der Waals surface area contributed by atoms with Gasteiger partial charge in [0.25, 0.3) is 0 Å². The molecule has 2 amide bonds. The third-order valence-electron chi connectivity index (χ3n) is 2.82. The van der Waals surface area contributed by atoms with Crippen molar-refractivity contribution in [3.8, 4) is 0 Å². The van der Waals surface area contributed by atoms with Crippen LogP contribution in [0.5, 0.6) is 0 Å². The molecule has 0 unspecified atom stereocenters. The molecule has 0 radical (unpaired) electrons. The highest BCUT2D eigenvalue weighted by Gasteiger charge is 2.19. The highest BCUT2D eigenvalue weighted by Crippen LogP contribution is 2.27. The van der Waals surface area contributed by atoms with Gasteiger partial charge in [0, 0.05) is 17.6 Å². The molecular weight excluding hydrogens is 312 g/mol. The predicted octanol–water partition coefficient (Wildman–Crippen LogP) is 2.94. The van der Waals surface area contributed by atoms with Crippen LogP contribution in [0.4, 0.5) is 10.5 Å². The number of amides is 2. The molecule has 6 heteroatoms. The first-order valence-electron chi connectivity index (χ1n) is 5.82. The molecule has 1 aliphatic rings. The van der Waals surface area contributed by atoms with Crippen LogP contribution in [-0.2, 0) is 0 Å². The Balaban J connectivity index is 2.20. The number of carbonyl (C=O) groups is 2. The second kappa shape index (κ2) is 5.88. The Hall–Kier alpha value is -1.82. The van der Waals surface area contributed by atoms with Gasteiger partial charge in [-0.15, -0.1) is 0 Å². The van der Waals surface area contributed by atoms with Crippen LogP contribution in [0, 0.1) is 0 Å². The minimum Gasteiger partial charge on any atom is -0.478 e. The largest absolute Gasteiger partial charge is 0.478 e. The zero-order chi connectivity index (χ0) is 13.8. The molecule has 0 spiro atoms. The van der Waals surface area contributed by atoms with E-state index in [2.05, 4.69) is 21.2 Å². The molecule has 1 aromatic carbocycles. The molecule has 1 heterocycles. The maximum absolute atomic E-state index is 12.1. The predicted molar refractivity (Wildman–Crippen MR) is 75.5 cm³/mol. The van der Waals surface area contributed by atoms with Crippen molar-refractivity contribution >= 4 is 33.6 Å². The number of anilines is 1. The number of urea groups is 1. The van der Waals surface area contributed by atoms with Crippen LogP contribution in [0.25, 0.3) is 0 Å². The van der Waals surface area contributed by atoms with Gasteiger partial charge in [0.05, 0.1) is 11.3 Å². The number of hydrogen-bond acceptors (Lipinski definition) is 2. The molecule has 0 fully saturated rings. The van der Waals surface area contributed by atoms with E-state index in [0.29, 0.717) is 17.6 Å². The first-order chi connectivity index (χ1) is 9.09. The van der Waals surface area contributed by atoms with E-state index in [1.54, 1.807) is 17.0 Å². The van der Waals surface area contributed by atoms with E-state index in [1.807, 2.05) is 12.2 Å². The molecule has 100 valence electrons. The van der Waals surface area contributed by atoms with Crippen molar-refractivity contribution in [3.63, 3.8) is 0 Å². The van der Waals surface area contributed by atoms with Crippen LogP contribution in [0.1, 0.15) is 16.8 Å². The van der Waals surface area contributed by atoms with Gasteiger partial charge >= 0.3 is 12.0 Å². The molecule has 0 aliphatic carbocycles. The zero-order valence-electron chi connectivity index (χ0n) is 10.1. The van der Waals surface area contributed by atoms with Crippen LogP contribution < -0.4 is 5.32 Å². The van der Waals surface area contributed by atoms with Crippen LogP contribution in [0.15, 0.2) is 34.8 Å². The minimum absolute atomic E-state index is 0.0651. The molecule has 1 aromatic rings. The minimum atomic E-state index is -1.07. The van der Waals surface area contributed by atoms with Gasteiger partial charge in [-0.1, -0.05) is 18.2 Å². The van der Waals surface area contributed by atoms with Gasteiger partial charge in [-0.2, -0.15) is 0 Å². The van der Waals surface area contributed by atoms with Crippen molar-refractivity contribution in [1.82, 2.24) is 4.90 Å². The first-order valence-corrected chi connectivity index (χ1v) is 6.61. The summed E-state index contributed by atoms with van der Waals surface area (Å²) in [7, 11) is 0. The number of rotatable bonds is 2. The van der Waals surface area contributed by atoms with Crippen LogP contribution in [-0.4, -0.2) is 35.1 Å². The molecule has 0 saturated carbocycles. The van der Waals surface area contributed by atoms with E-state index in [4.69, 9.17) is 5.11 Å². The fraction of sp³-hybridized carbons (Fsp3) is 0.231. The Morgan fingerprint density at radius 2 is 2.11 bits per heavy atom. The smallest absolute Gasteiger partial charge is 0.337 e. The summed E-state index contributed by atoms with van der Waals surface area (Å²) in [6.45, 7) is 1.17. The van der Waals surface area contributed by atoms with Crippen molar-refractivity contribution in [1.29, 1.82) is 0 Å². The van der Waals surface area contributed by atoms with E-state index in [0.717, 1.165) is 6.42 Å². The molecule has 2 N–H and O–H groups in total. The molecule has 19 heavy (non-hydrogen) atoms. The van der Waals surface area contributed by atoms with Gasteiger partial charge in [0.1, 0.15) is 0 Å². The van der Waals surface area contributed by atoms with Crippen molar-refractivity contribution in [3.05, 3.63) is 40.4 Å². The standard InChI is InChI=1S/C13H13BrN2O3/c14-10-6-4-5-9(12(17)18)11(10)15-13(19)16-7-2-1-3-8-16/h1-2,4-6H,3,7-8H2,(H,15,19)(H,17,18). The van der Waals surface area contributed by atoms with E-state index >= 15 is 0 Å². The molecule has 5 nitrogen and oxygen atoms in total. The summed E-state index contributed by atoms with van der Waals surface area (Å²) in [6, 6.07) is 4.47. The van der Waals surface area contributed by atoms with Crippen LogP contribution >= 0.6 is 15.9 Å². The second-order valence-corrected chi connectivity index (χ2v) is 4.96. The lowest BCUT2D eigenvalue weighted by molar-refractivity contribution is 0.0698. The summed E-state index contributed by atoms with van der Waals surface area (Å²) < 4.78 is 0.549. The fourth-order valence-corrected chi connectivity index (χ4v) is 2.31. The molecule has 0 saturated heterocycles. The average molecular weight is 325 g/mol. The summed E-state index contributed by atoms with van der Waals surface area (Å²) in [5.74, 6) is -1.07. The number of hydrogen-bond donors (Lipinski definition) is 2. The lowest BCUT2D eigenvalue weighted by Gasteiger charge is -2.24. The normalized spacial score (nSPS) is 14.3. The number of aromatic carboxylic acids is 1. The topological polar surface area (TPSA) is 69.6 Å². The maximum Gasteiger partial charge on any atom is 0.337 e. The van der Waals surface area contributed by atoms with Crippen molar-refractivity contribution < 1.29 is 14.7 Å². The monoisotopic (exact) mass is 324 g/mol. The number of carbonyl (C=O) groups excluding carboxylic acids is 1. The number of benzene rings is 1. The molecule has 1 aliphatic heterocycles. The van der Waals surface area contributed by atoms with E-state index in [9.17, 15) is 9.59 Å². The highest BCUT2D eigenvalue weighted by molar-refractivity contribution is 9.10.